The lowest BCUT2D eigenvalue weighted by Crippen LogP contribution is -2.34. The maximum absolute atomic E-state index is 12.2. The second-order valence-corrected chi connectivity index (χ2v) is 8.87. The van der Waals surface area contributed by atoms with Gasteiger partial charge in [-0.3, -0.25) is 14.7 Å². The fourth-order valence-electron chi connectivity index (χ4n) is 4.35. The largest absolute Gasteiger partial charge is 0.375 e. The van der Waals surface area contributed by atoms with Crippen molar-refractivity contribution < 1.29 is 9.53 Å². The number of rotatable bonds is 8. The number of pyridine rings is 1. The summed E-state index contributed by atoms with van der Waals surface area (Å²) in [5, 5.41) is 13.2. The fourth-order valence-corrected chi connectivity index (χ4v) is 4.35. The zero-order valence-electron chi connectivity index (χ0n) is 19.1. The van der Waals surface area contributed by atoms with Crippen LogP contribution in [0.15, 0.2) is 36.5 Å². The third-order valence-corrected chi connectivity index (χ3v) is 5.85. The Morgan fingerprint density at radius 2 is 2.06 bits per heavy atom. The molecule has 1 aliphatic rings. The van der Waals surface area contributed by atoms with Crippen LogP contribution in [0.1, 0.15) is 43.5 Å². The number of ether oxygens (including phenoxy) is 1. The number of carbonyl (C=O) groups excluding carboxylic acids is 1. The fraction of sp³-hybridized carbons (Fsp3) is 0.500. The summed E-state index contributed by atoms with van der Waals surface area (Å²) < 4.78 is 7.19. The molecule has 1 aromatic carbocycles. The molecule has 2 aromatic heterocycles. The highest BCUT2D eigenvalue weighted by molar-refractivity contribution is 5.79. The Labute approximate surface area is 189 Å². The van der Waals surface area contributed by atoms with E-state index in [1.54, 1.807) is 0 Å². The SMILES string of the molecule is COCC(=O)N[C@H](CC(C)C)c1nnc2n1CCN(Cc1ccc3ncccc3c1)CC2. The van der Waals surface area contributed by atoms with Crippen LogP contribution in [0, 0.1) is 5.92 Å². The van der Waals surface area contributed by atoms with Gasteiger partial charge in [-0.15, -0.1) is 10.2 Å². The third-order valence-electron chi connectivity index (χ3n) is 5.85. The summed E-state index contributed by atoms with van der Waals surface area (Å²) in [7, 11) is 1.53. The third kappa shape index (κ3) is 5.31. The number of aromatic nitrogens is 4. The summed E-state index contributed by atoms with van der Waals surface area (Å²) in [5.74, 6) is 2.12. The Morgan fingerprint density at radius 1 is 1.19 bits per heavy atom. The summed E-state index contributed by atoms with van der Waals surface area (Å²) in [4.78, 5) is 19.1. The maximum Gasteiger partial charge on any atom is 0.246 e. The van der Waals surface area contributed by atoms with Crippen LogP contribution in [0.4, 0.5) is 0 Å². The molecule has 0 fully saturated rings. The molecule has 0 unspecified atom stereocenters. The molecule has 3 heterocycles. The van der Waals surface area contributed by atoms with E-state index in [0.717, 1.165) is 56.2 Å². The molecule has 0 saturated carbocycles. The van der Waals surface area contributed by atoms with Crippen molar-refractivity contribution in [1.29, 1.82) is 0 Å². The highest BCUT2D eigenvalue weighted by atomic mass is 16.5. The Hall–Kier alpha value is -2.84. The average Bonchev–Trinajstić information content (AvgIpc) is 3.07. The monoisotopic (exact) mass is 436 g/mol. The van der Waals surface area contributed by atoms with E-state index in [4.69, 9.17) is 4.74 Å². The number of fused-ring (bicyclic) bond motifs is 2. The molecule has 0 radical (unpaired) electrons. The summed E-state index contributed by atoms with van der Waals surface area (Å²) in [6.45, 7) is 7.87. The van der Waals surface area contributed by atoms with Gasteiger partial charge in [0.1, 0.15) is 12.4 Å². The quantitative estimate of drug-likeness (QED) is 0.584. The lowest BCUT2D eigenvalue weighted by atomic mass is 10.0. The van der Waals surface area contributed by atoms with E-state index in [1.807, 2.05) is 12.3 Å². The van der Waals surface area contributed by atoms with Crippen molar-refractivity contribution in [3.63, 3.8) is 0 Å². The van der Waals surface area contributed by atoms with Gasteiger partial charge in [-0.05, 0) is 36.1 Å². The number of carbonyl (C=O) groups is 1. The average molecular weight is 437 g/mol. The minimum absolute atomic E-state index is 0.0463. The normalized spacial score (nSPS) is 15.5. The molecular formula is C24H32N6O2. The number of amides is 1. The highest BCUT2D eigenvalue weighted by Crippen LogP contribution is 2.23. The predicted molar refractivity (Wildman–Crippen MR) is 123 cm³/mol. The summed E-state index contributed by atoms with van der Waals surface area (Å²) in [5.41, 5.74) is 2.31. The Balaban J connectivity index is 1.47. The van der Waals surface area contributed by atoms with Crippen molar-refractivity contribution >= 4 is 16.8 Å². The molecule has 1 aliphatic heterocycles. The first-order chi connectivity index (χ1) is 15.5. The molecule has 0 bridgehead atoms. The van der Waals surface area contributed by atoms with Crippen LogP contribution in [-0.4, -0.2) is 57.4 Å². The van der Waals surface area contributed by atoms with Gasteiger partial charge in [0.15, 0.2) is 5.82 Å². The predicted octanol–water partition coefficient (Wildman–Crippen LogP) is 2.73. The standard InChI is InChI=1S/C24H32N6O2/c1-17(2)13-21(26-23(31)16-32-3)24-28-27-22-8-10-29(11-12-30(22)24)15-18-6-7-20-19(14-18)5-4-9-25-20/h4-7,9,14,17,21H,8,10-13,15-16H2,1-3H3,(H,26,31)/t21-/m1/s1. The minimum Gasteiger partial charge on any atom is -0.375 e. The van der Waals surface area contributed by atoms with E-state index >= 15 is 0 Å². The van der Waals surface area contributed by atoms with Gasteiger partial charge in [-0.1, -0.05) is 26.0 Å². The highest BCUT2D eigenvalue weighted by Gasteiger charge is 2.26. The van der Waals surface area contributed by atoms with E-state index in [9.17, 15) is 4.79 Å². The van der Waals surface area contributed by atoms with Crippen molar-refractivity contribution in [2.24, 2.45) is 5.92 Å². The van der Waals surface area contributed by atoms with Gasteiger partial charge in [0.05, 0.1) is 11.6 Å². The summed E-state index contributed by atoms with van der Waals surface area (Å²) in [6.07, 6.45) is 3.47. The summed E-state index contributed by atoms with van der Waals surface area (Å²) >= 11 is 0. The lowest BCUT2D eigenvalue weighted by Gasteiger charge is -2.22. The van der Waals surface area contributed by atoms with Crippen molar-refractivity contribution in [2.45, 2.75) is 45.8 Å². The van der Waals surface area contributed by atoms with Crippen LogP contribution < -0.4 is 5.32 Å². The van der Waals surface area contributed by atoms with Crippen LogP contribution in [0.2, 0.25) is 0 Å². The molecular weight excluding hydrogens is 404 g/mol. The van der Waals surface area contributed by atoms with Crippen molar-refractivity contribution in [3.05, 3.63) is 53.7 Å². The van der Waals surface area contributed by atoms with Gasteiger partial charge in [0, 0.05) is 51.3 Å². The van der Waals surface area contributed by atoms with Crippen molar-refractivity contribution in [2.75, 3.05) is 26.8 Å². The molecule has 8 nitrogen and oxygen atoms in total. The Bertz CT molecular complexity index is 1060. The number of hydrogen-bond acceptors (Lipinski definition) is 6. The molecule has 170 valence electrons. The Morgan fingerprint density at radius 3 is 2.88 bits per heavy atom. The number of methoxy groups -OCH3 is 1. The number of nitrogens with one attached hydrogen (secondary N) is 1. The van der Waals surface area contributed by atoms with Crippen LogP contribution in [0.3, 0.4) is 0 Å². The molecule has 8 heteroatoms. The van der Waals surface area contributed by atoms with Crippen LogP contribution in [0.5, 0.6) is 0 Å². The van der Waals surface area contributed by atoms with E-state index in [1.165, 1.54) is 18.1 Å². The summed E-state index contributed by atoms with van der Waals surface area (Å²) in [6, 6.07) is 10.4. The number of benzene rings is 1. The molecule has 0 spiro atoms. The van der Waals surface area contributed by atoms with Gasteiger partial charge in [0.25, 0.3) is 0 Å². The van der Waals surface area contributed by atoms with Crippen molar-refractivity contribution in [3.8, 4) is 0 Å². The number of nitrogens with zero attached hydrogens (tertiary/aromatic N) is 5. The van der Waals surface area contributed by atoms with E-state index in [0.29, 0.717) is 5.92 Å². The molecule has 4 rings (SSSR count). The Kier molecular flexibility index (Phi) is 7.12. The second-order valence-electron chi connectivity index (χ2n) is 8.87. The molecule has 1 atom stereocenters. The molecule has 1 N–H and O–H groups in total. The first kappa shape index (κ1) is 22.4. The van der Waals surface area contributed by atoms with E-state index in [2.05, 4.69) is 68.1 Å². The van der Waals surface area contributed by atoms with Gasteiger partial charge in [-0.2, -0.15) is 0 Å². The van der Waals surface area contributed by atoms with E-state index in [-0.39, 0.29) is 18.6 Å². The minimum atomic E-state index is -0.168. The van der Waals surface area contributed by atoms with E-state index < -0.39 is 0 Å². The van der Waals surface area contributed by atoms with Crippen LogP contribution in [0.25, 0.3) is 10.9 Å². The first-order valence-corrected chi connectivity index (χ1v) is 11.3. The first-order valence-electron chi connectivity index (χ1n) is 11.3. The molecule has 0 saturated heterocycles. The van der Waals surface area contributed by atoms with Crippen LogP contribution in [-0.2, 0) is 29.0 Å². The zero-order chi connectivity index (χ0) is 22.5. The maximum atomic E-state index is 12.2. The van der Waals surface area contributed by atoms with Crippen LogP contribution >= 0.6 is 0 Å². The van der Waals surface area contributed by atoms with Crippen molar-refractivity contribution in [1.82, 2.24) is 30.0 Å². The van der Waals surface area contributed by atoms with Gasteiger partial charge in [-0.25, -0.2) is 0 Å². The van der Waals surface area contributed by atoms with Gasteiger partial charge in [0.2, 0.25) is 5.91 Å². The second kappa shape index (κ2) is 10.2. The molecule has 3 aromatic rings. The number of hydrogen-bond donors (Lipinski definition) is 1. The molecule has 1 amide bonds. The van der Waals surface area contributed by atoms with Gasteiger partial charge < -0.3 is 14.6 Å². The zero-order valence-corrected chi connectivity index (χ0v) is 19.1. The smallest absolute Gasteiger partial charge is 0.246 e. The molecule has 0 aliphatic carbocycles. The molecule has 32 heavy (non-hydrogen) atoms. The lowest BCUT2D eigenvalue weighted by molar-refractivity contribution is -0.125. The van der Waals surface area contributed by atoms with Gasteiger partial charge >= 0.3 is 0 Å². The topological polar surface area (TPSA) is 85.2 Å².